The second-order valence-electron chi connectivity index (χ2n) is 6.52. The van der Waals surface area contributed by atoms with Crippen molar-refractivity contribution in [1.82, 2.24) is 0 Å². The first-order chi connectivity index (χ1) is 8.71. The minimum atomic E-state index is -0.451. The van der Waals surface area contributed by atoms with Gasteiger partial charge in [0.1, 0.15) is 0 Å². The number of amides is 1. The van der Waals surface area contributed by atoms with Gasteiger partial charge in [0.05, 0.1) is 6.04 Å². The molecule has 0 spiro atoms. The molecule has 3 nitrogen and oxygen atoms in total. The molecule has 0 aliphatic carbocycles. The molecular formula is C16H26N2O. The Labute approximate surface area is 116 Å². The van der Waals surface area contributed by atoms with Crippen LogP contribution >= 0.6 is 0 Å². The van der Waals surface area contributed by atoms with E-state index in [1.54, 1.807) is 0 Å². The van der Waals surface area contributed by atoms with Crippen LogP contribution in [0.4, 0.5) is 5.69 Å². The third kappa shape index (κ3) is 4.67. The molecule has 1 aromatic rings. The van der Waals surface area contributed by atoms with Crippen molar-refractivity contribution >= 4 is 11.6 Å². The maximum Gasteiger partial charge on any atom is 0.241 e. The number of carbonyl (C=O) groups excluding carboxylic acids is 1. The third-order valence-corrected chi connectivity index (χ3v) is 3.06. The maximum absolute atomic E-state index is 12.1. The summed E-state index contributed by atoms with van der Waals surface area (Å²) in [4.78, 5) is 12.1. The third-order valence-electron chi connectivity index (χ3n) is 3.06. The molecule has 0 saturated carbocycles. The Kier molecular flexibility index (Phi) is 5.12. The SMILES string of the molecule is CC(C)CC(N)C(=O)Nc1ccccc1C(C)(C)C. The first kappa shape index (κ1) is 15.7. The van der Waals surface area contributed by atoms with Gasteiger partial charge in [-0.05, 0) is 29.4 Å². The predicted molar refractivity (Wildman–Crippen MR) is 81.2 cm³/mol. The van der Waals surface area contributed by atoms with Gasteiger partial charge in [0, 0.05) is 5.69 Å². The average molecular weight is 262 g/mol. The lowest BCUT2D eigenvalue weighted by molar-refractivity contribution is -0.117. The van der Waals surface area contributed by atoms with Crippen molar-refractivity contribution in [3.05, 3.63) is 29.8 Å². The lowest BCUT2D eigenvalue weighted by Gasteiger charge is -2.24. The average Bonchev–Trinajstić information content (AvgIpc) is 2.27. The molecule has 0 aromatic heterocycles. The van der Waals surface area contributed by atoms with Gasteiger partial charge in [-0.3, -0.25) is 4.79 Å². The summed E-state index contributed by atoms with van der Waals surface area (Å²) in [5.41, 5.74) is 7.89. The Bertz CT molecular complexity index is 433. The van der Waals surface area contributed by atoms with Gasteiger partial charge < -0.3 is 11.1 Å². The van der Waals surface area contributed by atoms with Gasteiger partial charge in [0.25, 0.3) is 0 Å². The van der Waals surface area contributed by atoms with Crippen LogP contribution < -0.4 is 11.1 Å². The molecule has 0 aliphatic heterocycles. The van der Waals surface area contributed by atoms with Crippen molar-refractivity contribution in [1.29, 1.82) is 0 Å². The van der Waals surface area contributed by atoms with E-state index in [1.807, 2.05) is 24.3 Å². The molecule has 0 fully saturated rings. The summed E-state index contributed by atoms with van der Waals surface area (Å²) < 4.78 is 0. The van der Waals surface area contributed by atoms with E-state index in [9.17, 15) is 4.79 Å². The molecule has 1 atom stereocenters. The van der Waals surface area contributed by atoms with E-state index in [1.165, 1.54) is 0 Å². The van der Waals surface area contributed by atoms with E-state index >= 15 is 0 Å². The Morgan fingerprint density at radius 2 is 1.84 bits per heavy atom. The van der Waals surface area contributed by atoms with Crippen LogP contribution in [0.5, 0.6) is 0 Å². The van der Waals surface area contributed by atoms with Gasteiger partial charge >= 0.3 is 0 Å². The predicted octanol–water partition coefficient (Wildman–Crippen LogP) is 3.30. The number of benzene rings is 1. The van der Waals surface area contributed by atoms with Crippen LogP contribution in [0.15, 0.2) is 24.3 Å². The summed E-state index contributed by atoms with van der Waals surface area (Å²) in [7, 11) is 0. The largest absolute Gasteiger partial charge is 0.324 e. The highest BCUT2D eigenvalue weighted by atomic mass is 16.2. The van der Waals surface area contributed by atoms with Crippen LogP contribution in [0.3, 0.4) is 0 Å². The molecule has 0 heterocycles. The summed E-state index contributed by atoms with van der Waals surface area (Å²) >= 11 is 0. The lowest BCUT2D eigenvalue weighted by atomic mass is 9.85. The minimum absolute atomic E-state index is 0.00792. The molecular weight excluding hydrogens is 236 g/mol. The van der Waals surface area contributed by atoms with E-state index < -0.39 is 6.04 Å². The zero-order chi connectivity index (χ0) is 14.6. The molecule has 0 aliphatic rings. The number of hydrogen-bond donors (Lipinski definition) is 2. The van der Waals surface area contributed by atoms with Crippen LogP contribution in [-0.4, -0.2) is 11.9 Å². The molecule has 1 amide bonds. The summed E-state index contributed by atoms with van der Waals surface area (Å²) in [6.45, 7) is 10.5. The first-order valence-corrected chi connectivity index (χ1v) is 6.87. The molecule has 0 bridgehead atoms. The van der Waals surface area contributed by atoms with Gasteiger partial charge in [-0.1, -0.05) is 52.8 Å². The van der Waals surface area contributed by atoms with Crippen LogP contribution in [0.1, 0.15) is 46.6 Å². The zero-order valence-electron chi connectivity index (χ0n) is 12.7. The lowest BCUT2D eigenvalue weighted by Crippen LogP contribution is -2.37. The normalized spacial score (nSPS) is 13.4. The second-order valence-corrected chi connectivity index (χ2v) is 6.52. The summed E-state index contributed by atoms with van der Waals surface area (Å²) in [6, 6.07) is 7.45. The maximum atomic E-state index is 12.1. The highest BCUT2D eigenvalue weighted by Crippen LogP contribution is 2.29. The number of hydrogen-bond acceptors (Lipinski definition) is 2. The Balaban J connectivity index is 2.86. The van der Waals surface area contributed by atoms with Crippen LogP contribution in [0.25, 0.3) is 0 Å². The Hall–Kier alpha value is -1.35. The fourth-order valence-electron chi connectivity index (χ4n) is 2.09. The van der Waals surface area contributed by atoms with Crippen molar-refractivity contribution in [2.24, 2.45) is 11.7 Å². The van der Waals surface area contributed by atoms with E-state index in [-0.39, 0.29) is 11.3 Å². The topological polar surface area (TPSA) is 55.1 Å². The number of carbonyl (C=O) groups is 1. The Morgan fingerprint density at radius 3 is 2.37 bits per heavy atom. The number of nitrogens with two attached hydrogens (primary N) is 1. The molecule has 19 heavy (non-hydrogen) atoms. The quantitative estimate of drug-likeness (QED) is 0.874. The van der Waals surface area contributed by atoms with E-state index in [2.05, 4.69) is 39.9 Å². The zero-order valence-corrected chi connectivity index (χ0v) is 12.7. The van der Waals surface area contributed by atoms with E-state index in [0.717, 1.165) is 11.3 Å². The molecule has 1 aromatic carbocycles. The van der Waals surface area contributed by atoms with Crippen molar-refractivity contribution in [2.75, 3.05) is 5.32 Å². The summed E-state index contributed by atoms with van der Waals surface area (Å²) in [5, 5.41) is 2.96. The standard InChI is InChI=1S/C16H26N2O/c1-11(2)10-13(17)15(19)18-14-9-7-6-8-12(14)16(3,4)5/h6-9,11,13H,10,17H2,1-5H3,(H,18,19). The number of nitrogens with one attached hydrogen (secondary N) is 1. The highest BCUT2D eigenvalue weighted by molar-refractivity contribution is 5.95. The van der Waals surface area contributed by atoms with Gasteiger partial charge in [0.15, 0.2) is 0 Å². The Morgan fingerprint density at radius 1 is 1.26 bits per heavy atom. The smallest absolute Gasteiger partial charge is 0.241 e. The van der Waals surface area contributed by atoms with Crippen LogP contribution in [-0.2, 0) is 10.2 Å². The molecule has 1 rings (SSSR count). The van der Waals surface area contributed by atoms with E-state index in [0.29, 0.717) is 12.3 Å². The van der Waals surface area contributed by atoms with Gasteiger partial charge in [-0.25, -0.2) is 0 Å². The van der Waals surface area contributed by atoms with Crippen molar-refractivity contribution in [2.45, 2.75) is 52.5 Å². The van der Waals surface area contributed by atoms with Gasteiger partial charge in [0.2, 0.25) is 5.91 Å². The minimum Gasteiger partial charge on any atom is -0.324 e. The highest BCUT2D eigenvalue weighted by Gasteiger charge is 2.20. The van der Waals surface area contributed by atoms with E-state index in [4.69, 9.17) is 5.73 Å². The summed E-state index contributed by atoms with van der Waals surface area (Å²) in [5.74, 6) is 0.309. The van der Waals surface area contributed by atoms with Gasteiger partial charge in [-0.2, -0.15) is 0 Å². The molecule has 1 unspecified atom stereocenters. The number of rotatable bonds is 4. The first-order valence-electron chi connectivity index (χ1n) is 6.87. The fraction of sp³-hybridized carbons (Fsp3) is 0.562. The molecule has 0 radical (unpaired) electrons. The summed E-state index contributed by atoms with van der Waals surface area (Å²) in [6.07, 6.45) is 0.698. The van der Waals surface area contributed by atoms with Gasteiger partial charge in [-0.15, -0.1) is 0 Å². The molecule has 106 valence electrons. The number of anilines is 1. The molecule has 3 heteroatoms. The van der Waals surface area contributed by atoms with Crippen molar-refractivity contribution in [3.63, 3.8) is 0 Å². The van der Waals surface area contributed by atoms with Crippen molar-refractivity contribution < 1.29 is 4.79 Å². The van der Waals surface area contributed by atoms with Crippen molar-refractivity contribution in [3.8, 4) is 0 Å². The number of para-hydroxylation sites is 1. The molecule has 3 N–H and O–H groups in total. The van der Waals surface area contributed by atoms with Crippen LogP contribution in [0.2, 0.25) is 0 Å². The fourth-order valence-corrected chi connectivity index (χ4v) is 2.09. The van der Waals surface area contributed by atoms with Crippen LogP contribution in [0, 0.1) is 5.92 Å². The molecule has 0 saturated heterocycles. The second kappa shape index (κ2) is 6.20. The monoisotopic (exact) mass is 262 g/mol.